The van der Waals surface area contributed by atoms with Crippen LogP contribution in [0.25, 0.3) is 11.2 Å². The van der Waals surface area contributed by atoms with E-state index in [9.17, 15) is 8.42 Å². The van der Waals surface area contributed by atoms with Gasteiger partial charge in [-0.3, -0.25) is 4.57 Å². The van der Waals surface area contributed by atoms with Gasteiger partial charge in [-0.25, -0.2) is 23.4 Å². The largest absolute Gasteiger partial charge is 0.382 e. The van der Waals surface area contributed by atoms with Crippen molar-refractivity contribution in [3.8, 4) is 0 Å². The third kappa shape index (κ3) is 2.81. The summed E-state index contributed by atoms with van der Waals surface area (Å²) in [6.45, 7) is 3.31. The molecule has 0 amide bonds. The van der Waals surface area contributed by atoms with Gasteiger partial charge < -0.3 is 10.5 Å². The first-order chi connectivity index (χ1) is 10.5. The van der Waals surface area contributed by atoms with Crippen molar-refractivity contribution in [1.82, 2.24) is 19.5 Å². The Balaban J connectivity index is 1.72. The van der Waals surface area contributed by atoms with Crippen LogP contribution < -0.4 is 5.73 Å². The maximum Gasteiger partial charge on any atom is 0.171 e. The smallest absolute Gasteiger partial charge is 0.171 e. The Kier molecular flexibility index (Phi) is 3.83. The van der Waals surface area contributed by atoms with Gasteiger partial charge >= 0.3 is 0 Å². The minimum atomic E-state index is -3.19. The Morgan fingerprint density at radius 3 is 3.00 bits per heavy atom. The van der Waals surface area contributed by atoms with Gasteiger partial charge in [-0.15, -0.1) is 0 Å². The van der Waals surface area contributed by atoms with Gasteiger partial charge in [0, 0.05) is 5.41 Å². The lowest BCUT2D eigenvalue weighted by atomic mass is 10.2. The summed E-state index contributed by atoms with van der Waals surface area (Å²) in [6, 6.07) is 0. The molecule has 0 saturated carbocycles. The highest BCUT2D eigenvalue weighted by Gasteiger charge is 2.28. The van der Waals surface area contributed by atoms with E-state index in [1.807, 2.05) is 4.57 Å². The number of fused-ring (bicyclic) bond motifs is 1. The van der Waals surface area contributed by atoms with E-state index >= 15 is 0 Å². The number of rotatable bonds is 5. The number of aromatic nitrogens is 4. The van der Waals surface area contributed by atoms with E-state index in [2.05, 4.69) is 21.5 Å². The van der Waals surface area contributed by atoms with E-state index in [-0.39, 0.29) is 18.1 Å². The Morgan fingerprint density at radius 2 is 2.23 bits per heavy atom. The molecule has 1 aliphatic heterocycles. The average molecular weight is 323 g/mol. The summed E-state index contributed by atoms with van der Waals surface area (Å²) in [4.78, 5) is 12.3. The molecule has 2 aromatic rings. The van der Waals surface area contributed by atoms with Gasteiger partial charge in [0.2, 0.25) is 0 Å². The van der Waals surface area contributed by atoms with Crippen molar-refractivity contribution in [2.24, 2.45) is 0 Å². The zero-order valence-electron chi connectivity index (χ0n) is 11.9. The second kappa shape index (κ2) is 5.65. The molecule has 2 aromatic heterocycles. The van der Waals surface area contributed by atoms with Crippen LogP contribution in [0.1, 0.15) is 25.5 Å². The van der Waals surface area contributed by atoms with Crippen LogP contribution in [0, 0.1) is 0 Å². The minimum absolute atomic E-state index is 0.0493. The molecule has 0 bridgehead atoms. The number of nitrogens with zero attached hydrogens (tertiary/aromatic N) is 4. The summed E-state index contributed by atoms with van der Waals surface area (Å²) < 4.78 is 30.6. The predicted molar refractivity (Wildman–Crippen MR) is 81.5 cm³/mol. The van der Waals surface area contributed by atoms with E-state index in [1.54, 1.807) is 6.33 Å². The van der Waals surface area contributed by atoms with Gasteiger partial charge in [0.15, 0.2) is 21.3 Å². The SMILES string of the molecule is C=CS(=O)(=O)CC[C@@H]1CC[C@H](n2cnc3c(N)ncnc32)O1. The molecule has 22 heavy (non-hydrogen) atoms. The van der Waals surface area contributed by atoms with Crippen LogP contribution in [-0.4, -0.2) is 39.8 Å². The lowest BCUT2D eigenvalue weighted by molar-refractivity contribution is 0.00325. The van der Waals surface area contributed by atoms with Crippen molar-refractivity contribution in [3.63, 3.8) is 0 Å². The fraction of sp³-hybridized carbons (Fsp3) is 0.462. The van der Waals surface area contributed by atoms with Crippen molar-refractivity contribution < 1.29 is 13.2 Å². The molecule has 9 heteroatoms. The number of sulfone groups is 1. The van der Waals surface area contributed by atoms with Gasteiger partial charge in [-0.2, -0.15) is 0 Å². The van der Waals surface area contributed by atoms with Crippen LogP contribution in [0.5, 0.6) is 0 Å². The highest BCUT2D eigenvalue weighted by Crippen LogP contribution is 2.32. The normalized spacial score (nSPS) is 22.2. The number of hydrogen-bond donors (Lipinski definition) is 1. The zero-order valence-corrected chi connectivity index (χ0v) is 12.7. The fourth-order valence-corrected chi connectivity index (χ4v) is 3.32. The van der Waals surface area contributed by atoms with Gasteiger partial charge in [-0.05, 0) is 19.3 Å². The molecule has 0 spiro atoms. The Hall–Kier alpha value is -2.00. The molecular formula is C13H17N5O3S. The van der Waals surface area contributed by atoms with Crippen LogP contribution in [0.15, 0.2) is 24.6 Å². The molecule has 2 atom stereocenters. The number of ether oxygens (including phenoxy) is 1. The minimum Gasteiger partial charge on any atom is -0.382 e. The van der Waals surface area contributed by atoms with Crippen LogP contribution in [0.2, 0.25) is 0 Å². The molecule has 0 aromatic carbocycles. The monoisotopic (exact) mass is 323 g/mol. The molecule has 2 N–H and O–H groups in total. The molecule has 3 rings (SSSR count). The Morgan fingerprint density at radius 1 is 1.41 bits per heavy atom. The fourth-order valence-electron chi connectivity index (χ4n) is 2.56. The molecular weight excluding hydrogens is 306 g/mol. The summed E-state index contributed by atoms with van der Waals surface area (Å²) in [5, 5.41) is 0.989. The van der Waals surface area contributed by atoms with Crippen LogP contribution >= 0.6 is 0 Å². The molecule has 1 aliphatic rings. The van der Waals surface area contributed by atoms with E-state index in [0.29, 0.717) is 23.4 Å². The molecule has 8 nitrogen and oxygen atoms in total. The lowest BCUT2D eigenvalue weighted by Gasteiger charge is -2.15. The van der Waals surface area contributed by atoms with E-state index < -0.39 is 9.84 Å². The number of nitrogen functional groups attached to an aromatic ring is 1. The van der Waals surface area contributed by atoms with E-state index in [4.69, 9.17) is 10.5 Å². The first-order valence-corrected chi connectivity index (χ1v) is 8.65. The maximum absolute atomic E-state index is 11.5. The second-order valence-corrected chi connectivity index (χ2v) is 7.26. The third-order valence-corrected chi connectivity index (χ3v) is 5.07. The molecule has 0 unspecified atom stereocenters. The first kappa shape index (κ1) is 14.9. The summed E-state index contributed by atoms with van der Waals surface area (Å²) in [5.41, 5.74) is 6.93. The number of anilines is 1. The average Bonchev–Trinajstić information content (AvgIpc) is 3.12. The quantitative estimate of drug-likeness (QED) is 0.874. The number of imidazole rings is 1. The van der Waals surface area contributed by atoms with Crippen molar-refractivity contribution in [3.05, 3.63) is 24.6 Å². The number of hydrogen-bond acceptors (Lipinski definition) is 7. The highest BCUT2D eigenvalue weighted by atomic mass is 32.2. The summed E-state index contributed by atoms with van der Waals surface area (Å²) in [6.07, 6.45) is 4.72. The van der Waals surface area contributed by atoms with E-state index in [0.717, 1.165) is 18.2 Å². The van der Waals surface area contributed by atoms with Crippen LogP contribution in [-0.2, 0) is 14.6 Å². The van der Waals surface area contributed by atoms with Gasteiger partial charge in [-0.1, -0.05) is 6.58 Å². The Labute approximate surface area is 127 Å². The second-order valence-electron chi connectivity index (χ2n) is 5.20. The zero-order chi connectivity index (χ0) is 15.7. The van der Waals surface area contributed by atoms with Gasteiger partial charge in [0.1, 0.15) is 18.1 Å². The highest BCUT2D eigenvalue weighted by molar-refractivity contribution is 7.94. The van der Waals surface area contributed by atoms with E-state index in [1.165, 1.54) is 6.33 Å². The van der Waals surface area contributed by atoms with Crippen molar-refractivity contribution in [2.45, 2.75) is 31.6 Å². The van der Waals surface area contributed by atoms with Crippen molar-refractivity contribution in [1.29, 1.82) is 0 Å². The molecule has 0 radical (unpaired) electrons. The Bertz CT molecular complexity index is 801. The molecule has 118 valence electrons. The van der Waals surface area contributed by atoms with Crippen LogP contribution in [0.3, 0.4) is 0 Å². The lowest BCUT2D eigenvalue weighted by Crippen LogP contribution is -2.15. The summed E-state index contributed by atoms with van der Waals surface area (Å²) in [7, 11) is -3.19. The van der Waals surface area contributed by atoms with Gasteiger partial charge in [0.05, 0.1) is 18.2 Å². The topological polar surface area (TPSA) is 113 Å². The molecule has 1 fully saturated rings. The first-order valence-electron chi connectivity index (χ1n) is 6.94. The molecule has 3 heterocycles. The number of nitrogens with two attached hydrogens (primary N) is 1. The third-order valence-electron chi connectivity index (χ3n) is 3.76. The summed E-state index contributed by atoms with van der Waals surface area (Å²) >= 11 is 0. The summed E-state index contributed by atoms with van der Waals surface area (Å²) in [5.74, 6) is 0.378. The molecule has 1 saturated heterocycles. The maximum atomic E-state index is 11.5. The van der Waals surface area contributed by atoms with Crippen molar-refractivity contribution in [2.75, 3.05) is 11.5 Å². The predicted octanol–water partition coefficient (Wildman–Crippen LogP) is 1.03. The van der Waals surface area contributed by atoms with Crippen LogP contribution in [0.4, 0.5) is 5.82 Å². The van der Waals surface area contributed by atoms with Crippen molar-refractivity contribution >= 4 is 26.8 Å². The standard InChI is InChI=1S/C13H17N5O3S/c1-2-22(19,20)6-5-9-3-4-10(21-9)18-8-17-11-12(14)15-7-16-13(11)18/h2,7-10H,1,3-6H2,(H2,14,15,16)/t9-,10+/m0/s1. The van der Waals surface area contributed by atoms with Gasteiger partial charge in [0.25, 0.3) is 0 Å². The molecule has 0 aliphatic carbocycles.